The highest BCUT2D eigenvalue weighted by molar-refractivity contribution is 6.30. The molecule has 0 saturated carbocycles. The number of nitrogens with two attached hydrogens (primary N) is 1. The maximum atomic E-state index is 12.5. The highest BCUT2D eigenvalue weighted by Crippen LogP contribution is 2.26. The van der Waals surface area contributed by atoms with Gasteiger partial charge in [0.15, 0.2) is 0 Å². The average Bonchev–Trinajstić information content (AvgIpc) is 3.17. The van der Waals surface area contributed by atoms with Crippen LogP contribution in [-0.4, -0.2) is 54.5 Å². The molecular formula is C19H27ClN4O2. The first kappa shape index (κ1) is 19.0. The Bertz CT molecular complexity index is 623. The number of nitrogens with one attached hydrogen (secondary N) is 1. The zero-order valence-electron chi connectivity index (χ0n) is 15.0. The van der Waals surface area contributed by atoms with Gasteiger partial charge in [-0.15, -0.1) is 0 Å². The van der Waals surface area contributed by atoms with Gasteiger partial charge in [-0.3, -0.25) is 9.69 Å². The number of benzene rings is 1. The topological polar surface area (TPSA) is 78.7 Å². The molecule has 6 nitrogen and oxygen atoms in total. The molecule has 1 aromatic rings. The molecule has 1 aromatic carbocycles. The van der Waals surface area contributed by atoms with Crippen LogP contribution in [0.4, 0.5) is 4.79 Å². The number of amides is 3. The number of primary amides is 1. The molecule has 0 spiro atoms. The van der Waals surface area contributed by atoms with E-state index in [0.29, 0.717) is 32.5 Å². The Morgan fingerprint density at radius 1 is 1.12 bits per heavy atom. The summed E-state index contributed by atoms with van der Waals surface area (Å²) in [6.45, 7) is 3.82. The molecule has 0 bridgehead atoms. The van der Waals surface area contributed by atoms with E-state index in [4.69, 9.17) is 17.3 Å². The van der Waals surface area contributed by atoms with Gasteiger partial charge in [0.25, 0.3) is 0 Å². The molecule has 3 N–H and O–H groups in total. The van der Waals surface area contributed by atoms with E-state index in [9.17, 15) is 9.59 Å². The van der Waals surface area contributed by atoms with Gasteiger partial charge in [-0.05, 0) is 56.5 Å². The lowest BCUT2D eigenvalue weighted by molar-refractivity contribution is -0.123. The van der Waals surface area contributed by atoms with Crippen LogP contribution < -0.4 is 11.1 Å². The minimum atomic E-state index is -0.262. The SMILES string of the molecule is NC(=O)C1CCN(C(=O)NCC(c2ccc(Cl)cc2)N2CCCC2)CC1. The summed E-state index contributed by atoms with van der Waals surface area (Å²) in [6, 6.07) is 7.96. The lowest BCUT2D eigenvalue weighted by Crippen LogP contribution is -2.48. The predicted molar refractivity (Wildman–Crippen MR) is 102 cm³/mol. The van der Waals surface area contributed by atoms with Gasteiger partial charge in [0.05, 0.1) is 6.04 Å². The van der Waals surface area contributed by atoms with Crippen molar-refractivity contribution in [1.82, 2.24) is 15.1 Å². The molecular weight excluding hydrogens is 352 g/mol. The summed E-state index contributed by atoms with van der Waals surface area (Å²) in [6.07, 6.45) is 3.68. The first-order valence-electron chi connectivity index (χ1n) is 9.36. The van der Waals surface area contributed by atoms with Crippen LogP contribution >= 0.6 is 11.6 Å². The summed E-state index contributed by atoms with van der Waals surface area (Å²) >= 11 is 6.02. The van der Waals surface area contributed by atoms with Crippen molar-refractivity contribution in [1.29, 1.82) is 0 Å². The Balaban J connectivity index is 1.58. The minimum absolute atomic E-state index is 0.0638. The van der Waals surface area contributed by atoms with Gasteiger partial charge in [-0.2, -0.15) is 0 Å². The van der Waals surface area contributed by atoms with Gasteiger partial charge in [0.1, 0.15) is 0 Å². The number of carbonyl (C=O) groups excluding carboxylic acids is 2. The summed E-state index contributed by atoms with van der Waals surface area (Å²) in [4.78, 5) is 28.0. The number of hydrogen-bond acceptors (Lipinski definition) is 3. The van der Waals surface area contributed by atoms with Gasteiger partial charge in [-0.25, -0.2) is 4.79 Å². The van der Waals surface area contributed by atoms with Crippen LogP contribution in [0.3, 0.4) is 0 Å². The van der Waals surface area contributed by atoms with Crippen molar-refractivity contribution in [3.63, 3.8) is 0 Å². The molecule has 7 heteroatoms. The van der Waals surface area contributed by atoms with Crippen molar-refractivity contribution in [2.24, 2.45) is 11.7 Å². The van der Waals surface area contributed by atoms with Crippen molar-refractivity contribution < 1.29 is 9.59 Å². The minimum Gasteiger partial charge on any atom is -0.369 e. The fourth-order valence-electron chi connectivity index (χ4n) is 3.86. The molecule has 2 aliphatic rings. The van der Waals surface area contributed by atoms with Crippen LogP contribution in [0.1, 0.15) is 37.3 Å². The molecule has 2 fully saturated rings. The van der Waals surface area contributed by atoms with Crippen molar-refractivity contribution in [2.45, 2.75) is 31.7 Å². The number of carbonyl (C=O) groups is 2. The van der Waals surface area contributed by atoms with Gasteiger partial charge in [-0.1, -0.05) is 23.7 Å². The first-order valence-corrected chi connectivity index (χ1v) is 9.74. The second kappa shape index (κ2) is 8.73. The summed E-state index contributed by atoms with van der Waals surface area (Å²) in [5.41, 5.74) is 6.53. The van der Waals surface area contributed by atoms with Crippen LogP contribution in [0.5, 0.6) is 0 Å². The van der Waals surface area contributed by atoms with E-state index in [1.165, 1.54) is 18.4 Å². The van der Waals surface area contributed by atoms with E-state index in [0.717, 1.165) is 18.1 Å². The molecule has 0 radical (unpaired) electrons. The Morgan fingerprint density at radius 2 is 1.73 bits per heavy atom. The highest BCUT2D eigenvalue weighted by atomic mass is 35.5. The van der Waals surface area contributed by atoms with Gasteiger partial charge in [0, 0.05) is 30.6 Å². The Kier molecular flexibility index (Phi) is 6.38. The van der Waals surface area contributed by atoms with Crippen molar-refractivity contribution in [3.8, 4) is 0 Å². The molecule has 3 rings (SSSR count). The zero-order chi connectivity index (χ0) is 18.5. The number of piperidine rings is 1. The Labute approximate surface area is 159 Å². The van der Waals surface area contributed by atoms with Gasteiger partial charge < -0.3 is 16.0 Å². The monoisotopic (exact) mass is 378 g/mol. The van der Waals surface area contributed by atoms with Crippen LogP contribution in [0.25, 0.3) is 0 Å². The Hall–Kier alpha value is -1.79. The van der Waals surface area contributed by atoms with Gasteiger partial charge >= 0.3 is 6.03 Å². The number of hydrogen-bond donors (Lipinski definition) is 2. The maximum Gasteiger partial charge on any atom is 0.317 e. The largest absolute Gasteiger partial charge is 0.369 e. The second-order valence-electron chi connectivity index (χ2n) is 7.16. The van der Waals surface area contributed by atoms with Crippen molar-refractivity contribution in [2.75, 3.05) is 32.7 Å². The molecule has 2 saturated heterocycles. The molecule has 1 unspecified atom stereocenters. The molecule has 0 aliphatic carbocycles. The summed E-state index contributed by atoms with van der Waals surface area (Å²) < 4.78 is 0. The van der Waals surface area contributed by atoms with Crippen LogP contribution in [-0.2, 0) is 4.79 Å². The smallest absolute Gasteiger partial charge is 0.317 e. The quantitative estimate of drug-likeness (QED) is 0.825. The van der Waals surface area contributed by atoms with Crippen LogP contribution in [0, 0.1) is 5.92 Å². The highest BCUT2D eigenvalue weighted by Gasteiger charge is 2.28. The molecule has 3 amide bonds. The zero-order valence-corrected chi connectivity index (χ0v) is 15.8. The Morgan fingerprint density at radius 3 is 2.31 bits per heavy atom. The number of urea groups is 1. The van der Waals surface area contributed by atoms with E-state index in [1.807, 2.05) is 24.3 Å². The molecule has 0 aromatic heterocycles. The third-order valence-corrected chi connectivity index (χ3v) is 5.72. The van der Waals surface area contributed by atoms with Crippen LogP contribution in [0.2, 0.25) is 5.02 Å². The molecule has 26 heavy (non-hydrogen) atoms. The lowest BCUT2D eigenvalue weighted by Gasteiger charge is -2.32. The second-order valence-corrected chi connectivity index (χ2v) is 7.60. The van der Waals surface area contributed by atoms with E-state index < -0.39 is 0 Å². The van der Waals surface area contributed by atoms with Gasteiger partial charge in [0.2, 0.25) is 5.91 Å². The molecule has 1 atom stereocenters. The standard InChI is InChI=1S/C19H27ClN4O2/c20-16-5-3-14(4-6-16)17(23-9-1-2-10-23)13-22-19(26)24-11-7-15(8-12-24)18(21)25/h3-6,15,17H,1-2,7-13H2,(H2,21,25)(H,22,26). The van der Waals surface area contributed by atoms with Crippen LogP contribution in [0.15, 0.2) is 24.3 Å². The normalized spacial score (nSPS) is 20.1. The van der Waals surface area contributed by atoms with E-state index in [-0.39, 0.29) is 23.9 Å². The third kappa shape index (κ3) is 4.68. The van der Waals surface area contributed by atoms with Crippen molar-refractivity contribution >= 4 is 23.5 Å². The summed E-state index contributed by atoms with van der Waals surface area (Å²) in [5.74, 6) is -0.368. The number of likely N-dealkylation sites (tertiary alicyclic amines) is 2. The number of rotatable bonds is 5. The molecule has 2 aliphatic heterocycles. The van der Waals surface area contributed by atoms with E-state index in [1.54, 1.807) is 4.90 Å². The molecule has 142 valence electrons. The fourth-order valence-corrected chi connectivity index (χ4v) is 3.98. The summed E-state index contributed by atoms with van der Waals surface area (Å²) in [5, 5.41) is 3.80. The third-order valence-electron chi connectivity index (χ3n) is 5.47. The van der Waals surface area contributed by atoms with Crippen molar-refractivity contribution in [3.05, 3.63) is 34.9 Å². The first-order chi connectivity index (χ1) is 12.5. The fraction of sp³-hybridized carbons (Fsp3) is 0.579. The van der Waals surface area contributed by atoms with E-state index >= 15 is 0 Å². The maximum absolute atomic E-state index is 12.5. The molecule has 2 heterocycles. The van der Waals surface area contributed by atoms with E-state index in [2.05, 4.69) is 10.2 Å². The summed E-state index contributed by atoms with van der Waals surface area (Å²) in [7, 11) is 0. The average molecular weight is 379 g/mol. The number of halogens is 1. The predicted octanol–water partition coefficient (Wildman–Crippen LogP) is 2.38. The lowest BCUT2D eigenvalue weighted by atomic mass is 9.96. The number of nitrogens with zero attached hydrogens (tertiary/aromatic N) is 2.